The molecule has 1 heterocycles. The molecule has 0 saturated heterocycles. The van der Waals surface area contributed by atoms with Crippen LogP contribution >= 0.6 is 11.8 Å². The zero-order valence-electron chi connectivity index (χ0n) is 15.9. The first-order valence-corrected chi connectivity index (χ1v) is 9.50. The van der Waals surface area contributed by atoms with Crippen LogP contribution in [0.4, 0.5) is 5.69 Å². The van der Waals surface area contributed by atoms with E-state index >= 15 is 0 Å². The second-order valence-electron chi connectivity index (χ2n) is 6.18. The van der Waals surface area contributed by atoms with Crippen molar-refractivity contribution in [3.63, 3.8) is 0 Å². The third-order valence-electron chi connectivity index (χ3n) is 4.46. The molecule has 7 nitrogen and oxygen atoms in total. The van der Waals surface area contributed by atoms with E-state index in [9.17, 15) is 9.59 Å². The maximum absolute atomic E-state index is 12.9. The summed E-state index contributed by atoms with van der Waals surface area (Å²) in [5.41, 5.74) is 6.91. The number of para-hydroxylation sites is 1. The van der Waals surface area contributed by atoms with Crippen molar-refractivity contribution in [2.45, 2.75) is 16.6 Å². The number of ether oxygens (including phenoxy) is 3. The average Bonchev–Trinajstić information content (AvgIpc) is 2.83. The van der Waals surface area contributed by atoms with Gasteiger partial charge in [-0.1, -0.05) is 12.1 Å². The molecule has 0 saturated carbocycles. The molecule has 1 unspecified atom stereocenters. The number of hydrogen-bond donors (Lipinski definition) is 1. The van der Waals surface area contributed by atoms with Gasteiger partial charge in [-0.2, -0.15) is 0 Å². The SMILES string of the molecule is COc1cc(C2CC(=O)N(CC(N)=O)c3ccccc3S2)cc(OC)c1OC. The molecule has 0 aliphatic carbocycles. The Bertz CT molecular complexity index is 877. The van der Waals surface area contributed by atoms with Crippen molar-refractivity contribution in [1.82, 2.24) is 0 Å². The molecule has 2 aromatic carbocycles. The summed E-state index contributed by atoms with van der Waals surface area (Å²) in [6, 6.07) is 11.2. The van der Waals surface area contributed by atoms with Crippen LogP contribution in [0, 0.1) is 0 Å². The second-order valence-corrected chi connectivity index (χ2v) is 7.43. The van der Waals surface area contributed by atoms with Crippen LogP contribution < -0.4 is 24.8 Å². The Hall–Kier alpha value is -2.87. The maximum Gasteiger partial charge on any atom is 0.237 e. The number of amides is 2. The minimum absolute atomic E-state index is 0.154. The topological polar surface area (TPSA) is 91.1 Å². The summed E-state index contributed by atoms with van der Waals surface area (Å²) >= 11 is 1.55. The van der Waals surface area contributed by atoms with E-state index in [0.29, 0.717) is 22.9 Å². The molecule has 2 amide bonds. The lowest BCUT2D eigenvalue weighted by Gasteiger charge is -2.21. The number of rotatable bonds is 6. The lowest BCUT2D eigenvalue weighted by molar-refractivity contribution is -0.122. The van der Waals surface area contributed by atoms with Crippen molar-refractivity contribution in [3.8, 4) is 17.2 Å². The lowest BCUT2D eigenvalue weighted by atomic mass is 10.1. The molecule has 0 spiro atoms. The highest BCUT2D eigenvalue weighted by molar-refractivity contribution is 7.99. The van der Waals surface area contributed by atoms with Crippen LogP contribution in [0.5, 0.6) is 17.2 Å². The molecule has 2 N–H and O–H groups in total. The Morgan fingerprint density at radius 1 is 1.14 bits per heavy atom. The molecular formula is C20H22N2O5S. The van der Waals surface area contributed by atoms with Crippen LogP contribution in [0.25, 0.3) is 0 Å². The van der Waals surface area contributed by atoms with Crippen LogP contribution in [0.15, 0.2) is 41.3 Å². The number of carbonyl (C=O) groups is 2. The number of anilines is 1. The number of nitrogens with zero attached hydrogens (tertiary/aromatic N) is 1. The number of fused-ring (bicyclic) bond motifs is 1. The Balaban J connectivity index is 2.05. The predicted molar refractivity (Wildman–Crippen MR) is 107 cm³/mol. The van der Waals surface area contributed by atoms with Gasteiger partial charge in [0.25, 0.3) is 0 Å². The number of hydrogen-bond acceptors (Lipinski definition) is 6. The van der Waals surface area contributed by atoms with Gasteiger partial charge in [0.05, 0.1) is 27.0 Å². The first-order valence-electron chi connectivity index (χ1n) is 8.62. The van der Waals surface area contributed by atoms with Gasteiger partial charge >= 0.3 is 0 Å². The van der Waals surface area contributed by atoms with Crippen molar-refractivity contribution in [3.05, 3.63) is 42.0 Å². The zero-order valence-corrected chi connectivity index (χ0v) is 16.7. The van der Waals surface area contributed by atoms with Gasteiger partial charge in [0.15, 0.2) is 11.5 Å². The summed E-state index contributed by atoms with van der Waals surface area (Å²) in [4.78, 5) is 26.8. The molecule has 28 heavy (non-hydrogen) atoms. The van der Waals surface area contributed by atoms with Crippen molar-refractivity contribution < 1.29 is 23.8 Å². The molecule has 8 heteroatoms. The number of primary amides is 1. The number of benzene rings is 2. The van der Waals surface area contributed by atoms with Gasteiger partial charge < -0.3 is 24.8 Å². The first-order chi connectivity index (χ1) is 13.5. The van der Waals surface area contributed by atoms with E-state index in [0.717, 1.165) is 10.5 Å². The lowest BCUT2D eigenvalue weighted by Crippen LogP contribution is -2.38. The van der Waals surface area contributed by atoms with E-state index in [-0.39, 0.29) is 24.1 Å². The fourth-order valence-electron chi connectivity index (χ4n) is 3.18. The fraction of sp³-hybridized carbons (Fsp3) is 0.300. The molecule has 0 aromatic heterocycles. The normalized spacial score (nSPS) is 16.2. The Morgan fingerprint density at radius 2 is 1.79 bits per heavy atom. The van der Waals surface area contributed by atoms with Crippen LogP contribution in [0.3, 0.4) is 0 Å². The van der Waals surface area contributed by atoms with Gasteiger partial charge in [0, 0.05) is 16.6 Å². The molecule has 1 atom stereocenters. The van der Waals surface area contributed by atoms with Gasteiger partial charge in [-0.3, -0.25) is 9.59 Å². The number of methoxy groups -OCH3 is 3. The highest BCUT2D eigenvalue weighted by Gasteiger charge is 2.31. The molecule has 148 valence electrons. The predicted octanol–water partition coefficient (Wildman–Crippen LogP) is 2.77. The summed E-state index contributed by atoms with van der Waals surface area (Å²) in [5, 5.41) is -0.194. The molecule has 1 aliphatic rings. The molecule has 1 aliphatic heterocycles. The summed E-state index contributed by atoms with van der Waals surface area (Å²) in [6.45, 7) is -0.154. The minimum Gasteiger partial charge on any atom is -0.493 e. The second kappa shape index (κ2) is 8.43. The Morgan fingerprint density at radius 3 is 2.36 bits per heavy atom. The van der Waals surface area contributed by atoms with Gasteiger partial charge in [0.1, 0.15) is 6.54 Å². The molecule has 0 bridgehead atoms. The van der Waals surface area contributed by atoms with Crippen LogP contribution in [0.1, 0.15) is 17.2 Å². The van der Waals surface area contributed by atoms with Crippen LogP contribution in [-0.4, -0.2) is 39.7 Å². The van der Waals surface area contributed by atoms with E-state index in [2.05, 4.69) is 0 Å². The van der Waals surface area contributed by atoms with Gasteiger partial charge in [-0.15, -0.1) is 11.8 Å². The summed E-state index contributed by atoms with van der Waals surface area (Å²) in [7, 11) is 4.65. The van der Waals surface area contributed by atoms with Crippen molar-refractivity contribution in [1.29, 1.82) is 0 Å². The average molecular weight is 402 g/mol. The monoisotopic (exact) mass is 402 g/mol. The highest BCUT2D eigenvalue weighted by atomic mass is 32.2. The van der Waals surface area contributed by atoms with E-state index in [4.69, 9.17) is 19.9 Å². The van der Waals surface area contributed by atoms with E-state index in [1.165, 1.54) is 4.90 Å². The standard InChI is InChI=1S/C20H22N2O5S/c1-25-14-8-12(9-15(26-2)20(14)27-3)17-10-19(24)22(11-18(21)23)13-6-4-5-7-16(13)28-17/h4-9,17H,10-11H2,1-3H3,(H2,21,23). The first kappa shape index (κ1) is 19.9. The van der Waals surface area contributed by atoms with Crippen molar-refractivity contribution >= 4 is 29.3 Å². The highest BCUT2D eigenvalue weighted by Crippen LogP contribution is 2.48. The molecule has 0 radical (unpaired) electrons. The quantitative estimate of drug-likeness (QED) is 0.799. The van der Waals surface area contributed by atoms with Gasteiger partial charge in [-0.25, -0.2) is 0 Å². The van der Waals surface area contributed by atoms with Crippen molar-refractivity contribution in [2.75, 3.05) is 32.8 Å². The fourth-order valence-corrected chi connectivity index (χ4v) is 4.44. The van der Waals surface area contributed by atoms with E-state index in [1.807, 2.05) is 36.4 Å². The maximum atomic E-state index is 12.9. The molecule has 0 fully saturated rings. The van der Waals surface area contributed by atoms with E-state index < -0.39 is 5.91 Å². The Labute approximate surface area is 167 Å². The number of nitrogens with two attached hydrogens (primary N) is 1. The van der Waals surface area contributed by atoms with Crippen molar-refractivity contribution in [2.24, 2.45) is 5.73 Å². The molecule has 2 aromatic rings. The number of thioether (sulfide) groups is 1. The van der Waals surface area contributed by atoms with Crippen LogP contribution in [-0.2, 0) is 9.59 Å². The number of carbonyl (C=O) groups excluding carboxylic acids is 2. The summed E-state index contributed by atoms with van der Waals surface area (Å²) in [6.07, 6.45) is 0.200. The van der Waals surface area contributed by atoms with Crippen LogP contribution in [0.2, 0.25) is 0 Å². The third-order valence-corrected chi connectivity index (χ3v) is 5.78. The third kappa shape index (κ3) is 3.87. The van der Waals surface area contributed by atoms with E-state index in [1.54, 1.807) is 33.1 Å². The smallest absolute Gasteiger partial charge is 0.237 e. The zero-order chi connectivity index (χ0) is 20.3. The molecular weight excluding hydrogens is 380 g/mol. The van der Waals surface area contributed by atoms with Gasteiger partial charge in [0.2, 0.25) is 17.6 Å². The Kier molecular flexibility index (Phi) is 5.99. The largest absolute Gasteiger partial charge is 0.493 e. The summed E-state index contributed by atoms with van der Waals surface area (Å²) in [5.74, 6) is 0.816. The molecule has 3 rings (SSSR count). The summed E-state index contributed by atoms with van der Waals surface area (Å²) < 4.78 is 16.3. The van der Waals surface area contributed by atoms with Gasteiger partial charge in [-0.05, 0) is 29.8 Å². The minimum atomic E-state index is -0.556.